The van der Waals surface area contributed by atoms with Gasteiger partial charge in [0, 0.05) is 24.6 Å². The summed E-state index contributed by atoms with van der Waals surface area (Å²) in [6.45, 7) is 9.02. The molecule has 0 spiro atoms. The SMILES string of the molecule is CC(C)CC1(CNC2CC2)CCOC1C. The largest absolute Gasteiger partial charge is 0.378 e. The maximum atomic E-state index is 5.78. The highest BCUT2D eigenvalue weighted by molar-refractivity contribution is 4.94. The minimum Gasteiger partial charge on any atom is -0.378 e. The van der Waals surface area contributed by atoms with Crippen molar-refractivity contribution in [1.29, 1.82) is 0 Å². The highest BCUT2D eigenvalue weighted by atomic mass is 16.5. The summed E-state index contributed by atoms with van der Waals surface area (Å²) in [6, 6.07) is 0.821. The van der Waals surface area contributed by atoms with E-state index < -0.39 is 0 Å². The van der Waals surface area contributed by atoms with Crippen molar-refractivity contribution in [2.75, 3.05) is 13.2 Å². The van der Waals surface area contributed by atoms with Crippen molar-refractivity contribution in [3.63, 3.8) is 0 Å². The molecule has 88 valence electrons. The molecule has 1 saturated carbocycles. The van der Waals surface area contributed by atoms with E-state index in [1.807, 2.05) is 0 Å². The van der Waals surface area contributed by atoms with Crippen LogP contribution in [0.3, 0.4) is 0 Å². The first-order valence-corrected chi connectivity index (χ1v) is 6.47. The van der Waals surface area contributed by atoms with Gasteiger partial charge in [-0.2, -0.15) is 0 Å². The highest BCUT2D eigenvalue weighted by Crippen LogP contribution is 2.40. The molecule has 2 aliphatic rings. The lowest BCUT2D eigenvalue weighted by Crippen LogP contribution is -2.41. The lowest BCUT2D eigenvalue weighted by Gasteiger charge is -2.34. The molecule has 2 rings (SSSR count). The van der Waals surface area contributed by atoms with Gasteiger partial charge in [-0.25, -0.2) is 0 Å². The molecule has 0 amide bonds. The van der Waals surface area contributed by atoms with Crippen molar-refractivity contribution in [2.24, 2.45) is 11.3 Å². The molecule has 15 heavy (non-hydrogen) atoms. The molecule has 2 nitrogen and oxygen atoms in total. The van der Waals surface area contributed by atoms with Gasteiger partial charge in [-0.3, -0.25) is 0 Å². The minimum atomic E-state index is 0.413. The number of hydrogen-bond donors (Lipinski definition) is 1. The summed E-state index contributed by atoms with van der Waals surface area (Å²) in [4.78, 5) is 0. The number of ether oxygens (including phenoxy) is 1. The minimum absolute atomic E-state index is 0.413. The van der Waals surface area contributed by atoms with Crippen molar-refractivity contribution in [1.82, 2.24) is 5.32 Å². The van der Waals surface area contributed by atoms with E-state index in [-0.39, 0.29) is 0 Å². The van der Waals surface area contributed by atoms with Gasteiger partial charge in [0.2, 0.25) is 0 Å². The Morgan fingerprint density at radius 3 is 2.60 bits per heavy atom. The number of rotatable bonds is 5. The van der Waals surface area contributed by atoms with Crippen LogP contribution in [-0.4, -0.2) is 25.3 Å². The van der Waals surface area contributed by atoms with Gasteiger partial charge < -0.3 is 10.1 Å². The van der Waals surface area contributed by atoms with Crippen molar-refractivity contribution < 1.29 is 4.74 Å². The van der Waals surface area contributed by atoms with Crippen LogP contribution in [0.2, 0.25) is 0 Å². The second-order valence-corrected chi connectivity index (χ2v) is 5.88. The Morgan fingerprint density at radius 1 is 1.40 bits per heavy atom. The summed E-state index contributed by atoms with van der Waals surface area (Å²) in [6.07, 6.45) is 5.74. The van der Waals surface area contributed by atoms with Gasteiger partial charge in [0.1, 0.15) is 0 Å². The molecule has 0 radical (unpaired) electrons. The van der Waals surface area contributed by atoms with E-state index >= 15 is 0 Å². The Kier molecular flexibility index (Phi) is 3.36. The second kappa shape index (κ2) is 4.42. The summed E-state index contributed by atoms with van der Waals surface area (Å²) < 4.78 is 5.78. The first kappa shape index (κ1) is 11.4. The second-order valence-electron chi connectivity index (χ2n) is 5.88. The maximum Gasteiger partial charge on any atom is 0.0616 e. The average molecular weight is 211 g/mol. The summed E-state index contributed by atoms with van der Waals surface area (Å²) in [7, 11) is 0. The topological polar surface area (TPSA) is 21.3 Å². The molecule has 0 aromatic carbocycles. The molecule has 0 bridgehead atoms. The summed E-state index contributed by atoms with van der Waals surface area (Å²) in [5.41, 5.74) is 0.413. The van der Waals surface area contributed by atoms with Crippen LogP contribution in [0.15, 0.2) is 0 Å². The van der Waals surface area contributed by atoms with Crippen LogP contribution in [0.1, 0.15) is 46.5 Å². The Morgan fingerprint density at radius 2 is 2.13 bits per heavy atom. The molecule has 2 unspecified atom stereocenters. The van der Waals surface area contributed by atoms with Gasteiger partial charge in [-0.05, 0) is 38.5 Å². The summed E-state index contributed by atoms with van der Waals surface area (Å²) >= 11 is 0. The molecular formula is C13H25NO. The van der Waals surface area contributed by atoms with Gasteiger partial charge in [-0.15, -0.1) is 0 Å². The third-order valence-corrected chi connectivity index (χ3v) is 3.97. The molecular weight excluding hydrogens is 186 g/mol. The first-order valence-electron chi connectivity index (χ1n) is 6.47. The van der Waals surface area contributed by atoms with Gasteiger partial charge >= 0.3 is 0 Å². The Bertz CT molecular complexity index is 213. The van der Waals surface area contributed by atoms with Gasteiger partial charge in [0.15, 0.2) is 0 Å². The molecule has 2 heteroatoms. The quantitative estimate of drug-likeness (QED) is 0.754. The van der Waals surface area contributed by atoms with Crippen molar-refractivity contribution in [3.05, 3.63) is 0 Å². The molecule has 0 aromatic heterocycles. The van der Waals surface area contributed by atoms with Crippen LogP contribution in [0, 0.1) is 11.3 Å². The van der Waals surface area contributed by atoms with Crippen LogP contribution >= 0.6 is 0 Å². The number of hydrogen-bond acceptors (Lipinski definition) is 2. The molecule has 1 aliphatic carbocycles. The zero-order valence-electron chi connectivity index (χ0n) is 10.4. The van der Waals surface area contributed by atoms with Crippen LogP contribution in [0.4, 0.5) is 0 Å². The van der Waals surface area contributed by atoms with E-state index in [1.165, 1.54) is 25.7 Å². The van der Waals surface area contributed by atoms with Crippen molar-refractivity contribution in [3.8, 4) is 0 Å². The molecule has 1 heterocycles. The Hall–Kier alpha value is -0.0800. The predicted octanol–water partition coefficient (Wildman–Crippen LogP) is 2.58. The van der Waals surface area contributed by atoms with E-state index in [1.54, 1.807) is 0 Å². The van der Waals surface area contributed by atoms with Crippen LogP contribution in [0.5, 0.6) is 0 Å². The molecule has 1 N–H and O–H groups in total. The molecule has 1 aliphatic heterocycles. The monoisotopic (exact) mass is 211 g/mol. The number of nitrogens with one attached hydrogen (secondary N) is 1. The van der Waals surface area contributed by atoms with E-state index in [9.17, 15) is 0 Å². The molecule has 0 aromatic rings. The van der Waals surface area contributed by atoms with Crippen LogP contribution in [-0.2, 0) is 4.74 Å². The lowest BCUT2D eigenvalue weighted by molar-refractivity contribution is 0.0515. The highest BCUT2D eigenvalue weighted by Gasteiger charge is 2.42. The average Bonchev–Trinajstić information content (AvgIpc) is 2.91. The van der Waals surface area contributed by atoms with Gasteiger partial charge in [0.25, 0.3) is 0 Å². The third-order valence-electron chi connectivity index (χ3n) is 3.97. The van der Waals surface area contributed by atoms with E-state index in [0.29, 0.717) is 11.5 Å². The summed E-state index contributed by atoms with van der Waals surface area (Å²) in [5.74, 6) is 0.773. The fourth-order valence-electron chi connectivity index (χ4n) is 2.84. The smallest absolute Gasteiger partial charge is 0.0616 e. The van der Waals surface area contributed by atoms with E-state index in [2.05, 4.69) is 26.1 Å². The third kappa shape index (κ3) is 2.73. The fourth-order valence-corrected chi connectivity index (χ4v) is 2.84. The van der Waals surface area contributed by atoms with Gasteiger partial charge in [0.05, 0.1) is 6.10 Å². The Balaban J connectivity index is 1.93. The molecule has 1 saturated heterocycles. The molecule has 2 atom stereocenters. The van der Waals surface area contributed by atoms with Crippen LogP contribution < -0.4 is 5.32 Å². The maximum absolute atomic E-state index is 5.78. The zero-order chi connectivity index (χ0) is 10.9. The lowest BCUT2D eigenvalue weighted by atomic mass is 9.75. The Labute approximate surface area is 93.8 Å². The van der Waals surface area contributed by atoms with E-state index in [4.69, 9.17) is 4.74 Å². The summed E-state index contributed by atoms with van der Waals surface area (Å²) in [5, 5.41) is 3.70. The fraction of sp³-hybridized carbons (Fsp3) is 1.00. The van der Waals surface area contributed by atoms with Crippen LogP contribution in [0.25, 0.3) is 0 Å². The van der Waals surface area contributed by atoms with Crippen molar-refractivity contribution >= 4 is 0 Å². The normalized spacial score (nSPS) is 36.4. The van der Waals surface area contributed by atoms with Gasteiger partial charge in [-0.1, -0.05) is 13.8 Å². The zero-order valence-corrected chi connectivity index (χ0v) is 10.4. The molecule has 2 fully saturated rings. The standard InChI is InChI=1S/C13H25NO/c1-10(2)8-13(6-7-15-11(13)3)9-14-12-4-5-12/h10-12,14H,4-9H2,1-3H3. The predicted molar refractivity (Wildman–Crippen MR) is 62.9 cm³/mol. The van der Waals surface area contributed by atoms with Crippen molar-refractivity contribution in [2.45, 2.75) is 58.6 Å². The first-order chi connectivity index (χ1) is 7.12. The van der Waals surface area contributed by atoms with E-state index in [0.717, 1.165) is 25.1 Å².